The third-order valence-electron chi connectivity index (χ3n) is 3.99. The summed E-state index contributed by atoms with van der Waals surface area (Å²) in [5, 5.41) is 10.8. The first-order valence-corrected chi connectivity index (χ1v) is 6.77. The van der Waals surface area contributed by atoms with E-state index in [-0.39, 0.29) is 5.82 Å². The molecule has 1 saturated carbocycles. The summed E-state index contributed by atoms with van der Waals surface area (Å²) in [5.74, 6) is -0.245. The van der Waals surface area contributed by atoms with Crippen LogP contribution in [0, 0.1) is 5.82 Å². The van der Waals surface area contributed by atoms with Crippen molar-refractivity contribution < 1.29 is 9.50 Å². The van der Waals surface area contributed by atoms with E-state index >= 15 is 0 Å². The number of halogens is 1. The first-order valence-electron chi connectivity index (χ1n) is 6.77. The van der Waals surface area contributed by atoms with Crippen molar-refractivity contribution in [3.8, 4) is 11.1 Å². The summed E-state index contributed by atoms with van der Waals surface area (Å²) in [5.41, 5.74) is 1.95. The lowest BCUT2D eigenvalue weighted by Crippen LogP contribution is -2.21. The Kier molecular flexibility index (Phi) is 3.11. The van der Waals surface area contributed by atoms with Gasteiger partial charge in [0.1, 0.15) is 5.82 Å². The molecule has 0 atom stereocenters. The average Bonchev–Trinajstić information content (AvgIpc) is 2.87. The van der Waals surface area contributed by atoms with E-state index in [0.29, 0.717) is 0 Å². The van der Waals surface area contributed by atoms with Crippen LogP contribution in [-0.2, 0) is 5.60 Å². The van der Waals surface area contributed by atoms with Gasteiger partial charge in [0.15, 0.2) is 0 Å². The van der Waals surface area contributed by atoms with Crippen LogP contribution >= 0.6 is 0 Å². The molecule has 1 N–H and O–H groups in total. The van der Waals surface area contributed by atoms with Crippen molar-refractivity contribution in [2.75, 3.05) is 0 Å². The minimum absolute atomic E-state index is 0.245. The summed E-state index contributed by atoms with van der Waals surface area (Å²) in [6, 6.07) is 14.4. The molecule has 0 amide bonds. The normalized spacial score (nSPS) is 17.6. The molecule has 0 spiro atoms. The van der Waals surface area contributed by atoms with Gasteiger partial charge in [-0.05, 0) is 41.7 Å². The van der Waals surface area contributed by atoms with Crippen LogP contribution in [0.1, 0.15) is 31.2 Å². The molecule has 1 aliphatic rings. The molecule has 0 unspecified atom stereocenters. The molecule has 1 nitrogen and oxygen atoms in total. The van der Waals surface area contributed by atoms with Crippen LogP contribution in [0.15, 0.2) is 48.5 Å². The van der Waals surface area contributed by atoms with E-state index in [0.717, 1.165) is 42.4 Å². The van der Waals surface area contributed by atoms with Gasteiger partial charge < -0.3 is 5.11 Å². The third kappa shape index (κ3) is 2.28. The zero-order valence-corrected chi connectivity index (χ0v) is 10.8. The van der Waals surface area contributed by atoms with E-state index in [1.807, 2.05) is 30.3 Å². The molecule has 1 fully saturated rings. The Hall–Kier alpha value is -1.67. The van der Waals surface area contributed by atoms with Crippen molar-refractivity contribution >= 4 is 0 Å². The maximum atomic E-state index is 13.4. The number of hydrogen-bond acceptors (Lipinski definition) is 1. The zero-order valence-electron chi connectivity index (χ0n) is 10.8. The maximum Gasteiger partial charge on any atom is 0.123 e. The van der Waals surface area contributed by atoms with Crippen LogP contribution in [0.3, 0.4) is 0 Å². The lowest BCUT2D eigenvalue weighted by Gasteiger charge is -2.25. The highest BCUT2D eigenvalue weighted by Gasteiger charge is 2.34. The van der Waals surface area contributed by atoms with Gasteiger partial charge in [0, 0.05) is 0 Å². The predicted octanol–water partition coefficient (Wildman–Crippen LogP) is 4.25. The van der Waals surface area contributed by atoms with Crippen molar-refractivity contribution in [2.24, 2.45) is 0 Å². The maximum absolute atomic E-state index is 13.4. The predicted molar refractivity (Wildman–Crippen MR) is 74.2 cm³/mol. The fourth-order valence-corrected chi connectivity index (χ4v) is 3.03. The summed E-state index contributed by atoms with van der Waals surface area (Å²) in [6.45, 7) is 0. The fraction of sp³-hybridized carbons (Fsp3) is 0.294. The molecular formula is C17H17FO. The van der Waals surface area contributed by atoms with Crippen LogP contribution < -0.4 is 0 Å². The van der Waals surface area contributed by atoms with Crippen LogP contribution in [0.4, 0.5) is 4.39 Å². The molecule has 0 saturated heterocycles. The Bertz CT molecular complexity index is 585. The van der Waals surface area contributed by atoms with Gasteiger partial charge in [-0.15, -0.1) is 0 Å². The minimum Gasteiger partial charge on any atom is -0.385 e. The van der Waals surface area contributed by atoms with E-state index < -0.39 is 5.60 Å². The minimum atomic E-state index is -0.747. The second-order valence-electron chi connectivity index (χ2n) is 5.29. The van der Waals surface area contributed by atoms with Crippen LogP contribution in [0.5, 0.6) is 0 Å². The molecule has 0 aliphatic heterocycles. The molecule has 0 radical (unpaired) electrons. The van der Waals surface area contributed by atoms with E-state index in [4.69, 9.17) is 0 Å². The molecule has 19 heavy (non-hydrogen) atoms. The van der Waals surface area contributed by atoms with Gasteiger partial charge in [0.2, 0.25) is 0 Å². The van der Waals surface area contributed by atoms with E-state index in [2.05, 4.69) is 0 Å². The lowest BCUT2D eigenvalue weighted by atomic mass is 9.86. The fourth-order valence-electron chi connectivity index (χ4n) is 3.03. The second kappa shape index (κ2) is 4.78. The summed E-state index contributed by atoms with van der Waals surface area (Å²) in [4.78, 5) is 0. The SMILES string of the molecule is OC1(c2ccccc2-c2cccc(F)c2)CCCC1. The summed E-state index contributed by atoms with van der Waals surface area (Å²) in [6.07, 6.45) is 3.68. The number of hydrogen-bond donors (Lipinski definition) is 1. The molecule has 0 heterocycles. The van der Waals surface area contributed by atoms with Crippen molar-refractivity contribution in [1.82, 2.24) is 0 Å². The van der Waals surface area contributed by atoms with Crippen LogP contribution in [0.25, 0.3) is 11.1 Å². The Morgan fingerprint density at radius 1 is 0.947 bits per heavy atom. The van der Waals surface area contributed by atoms with Crippen molar-refractivity contribution in [3.05, 3.63) is 59.9 Å². The van der Waals surface area contributed by atoms with Crippen molar-refractivity contribution in [1.29, 1.82) is 0 Å². The summed E-state index contributed by atoms with van der Waals surface area (Å²) < 4.78 is 13.4. The summed E-state index contributed by atoms with van der Waals surface area (Å²) in [7, 11) is 0. The first-order chi connectivity index (χ1) is 9.19. The van der Waals surface area contributed by atoms with Crippen molar-refractivity contribution in [2.45, 2.75) is 31.3 Å². The number of aliphatic hydroxyl groups is 1. The van der Waals surface area contributed by atoms with E-state index in [1.54, 1.807) is 6.07 Å². The van der Waals surface area contributed by atoms with Gasteiger partial charge in [0.25, 0.3) is 0 Å². The second-order valence-corrected chi connectivity index (χ2v) is 5.29. The van der Waals surface area contributed by atoms with Crippen LogP contribution in [0.2, 0.25) is 0 Å². The molecule has 98 valence electrons. The van der Waals surface area contributed by atoms with Crippen LogP contribution in [-0.4, -0.2) is 5.11 Å². The van der Waals surface area contributed by atoms with Crippen molar-refractivity contribution in [3.63, 3.8) is 0 Å². The Morgan fingerprint density at radius 2 is 1.68 bits per heavy atom. The molecule has 2 aromatic carbocycles. The molecule has 0 aromatic heterocycles. The molecule has 1 aliphatic carbocycles. The topological polar surface area (TPSA) is 20.2 Å². The average molecular weight is 256 g/mol. The molecule has 0 bridgehead atoms. The zero-order chi connectivity index (χ0) is 13.3. The highest BCUT2D eigenvalue weighted by molar-refractivity contribution is 5.68. The molecule has 2 aromatic rings. The monoisotopic (exact) mass is 256 g/mol. The third-order valence-corrected chi connectivity index (χ3v) is 3.99. The highest BCUT2D eigenvalue weighted by Crippen LogP contribution is 2.42. The van der Waals surface area contributed by atoms with Gasteiger partial charge in [-0.3, -0.25) is 0 Å². The van der Waals surface area contributed by atoms with Gasteiger partial charge in [-0.2, -0.15) is 0 Å². The highest BCUT2D eigenvalue weighted by atomic mass is 19.1. The number of benzene rings is 2. The number of rotatable bonds is 2. The quantitative estimate of drug-likeness (QED) is 0.851. The van der Waals surface area contributed by atoms with Gasteiger partial charge in [-0.1, -0.05) is 49.2 Å². The Balaban J connectivity index is 2.12. The van der Waals surface area contributed by atoms with Gasteiger partial charge >= 0.3 is 0 Å². The van der Waals surface area contributed by atoms with Gasteiger partial charge in [0.05, 0.1) is 5.60 Å². The Morgan fingerprint density at radius 3 is 2.42 bits per heavy atom. The molecular weight excluding hydrogens is 239 g/mol. The van der Waals surface area contributed by atoms with E-state index in [9.17, 15) is 9.50 Å². The molecule has 3 rings (SSSR count). The van der Waals surface area contributed by atoms with E-state index in [1.165, 1.54) is 12.1 Å². The Labute approximate surface area is 112 Å². The smallest absolute Gasteiger partial charge is 0.123 e. The molecule has 2 heteroatoms. The van der Waals surface area contributed by atoms with Gasteiger partial charge in [-0.25, -0.2) is 4.39 Å². The summed E-state index contributed by atoms with van der Waals surface area (Å²) >= 11 is 0. The lowest BCUT2D eigenvalue weighted by molar-refractivity contribution is 0.0450. The standard InChI is InChI=1S/C17H17FO/c18-14-7-5-6-13(12-14)15-8-1-2-9-16(15)17(19)10-3-4-11-17/h1-2,5-9,12,19H,3-4,10-11H2. The first kappa shape index (κ1) is 12.4. The largest absolute Gasteiger partial charge is 0.385 e.